The van der Waals surface area contributed by atoms with Crippen LogP contribution in [-0.4, -0.2) is 24.6 Å². The molecular weight excluding hydrogens is 379 g/mol. The molecule has 1 aliphatic rings. The summed E-state index contributed by atoms with van der Waals surface area (Å²) in [7, 11) is 0. The average Bonchev–Trinajstić information content (AvgIpc) is 3.13. The second-order valence-electron chi connectivity index (χ2n) is 7.19. The van der Waals surface area contributed by atoms with Crippen LogP contribution < -0.4 is 16.2 Å². The van der Waals surface area contributed by atoms with Crippen LogP contribution in [0.4, 0.5) is 4.39 Å². The molecule has 1 aromatic carbocycles. The highest BCUT2D eigenvalue weighted by Crippen LogP contribution is 2.29. The van der Waals surface area contributed by atoms with Crippen molar-refractivity contribution >= 4 is 11.4 Å². The lowest BCUT2D eigenvalue weighted by atomic mass is 9.97. The maximum absolute atomic E-state index is 13.2. The summed E-state index contributed by atoms with van der Waals surface area (Å²) in [5, 5.41) is 0. The van der Waals surface area contributed by atoms with E-state index in [1.807, 2.05) is 13.8 Å². The van der Waals surface area contributed by atoms with Crippen LogP contribution in [0.25, 0.3) is 0 Å². The fourth-order valence-electron chi connectivity index (χ4n) is 3.31. The molecule has 1 aliphatic heterocycles. The van der Waals surface area contributed by atoms with Gasteiger partial charge in [-0.1, -0.05) is 19.9 Å². The van der Waals surface area contributed by atoms with Crippen LogP contribution in [0.5, 0.6) is 5.75 Å². The molecule has 0 aromatic heterocycles. The van der Waals surface area contributed by atoms with Gasteiger partial charge in [0.1, 0.15) is 11.4 Å². The molecule has 2 rings (SSSR count). The van der Waals surface area contributed by atoms with E-state index >= 15 is 0 Å². The van der Waals surface area contributed by atoms with Gasteiger partial charge in [0.15, 0.2) is 0 Å². The van der Waals surface area contributed by atoms with Gasteiger partial charge in [0, 0.05) is 24.3 Å². The summed E-state index contributed by atoms with van der Waals surface area (Å²) >= 11 is 0. The van der Waals surface area contributed by atoms with Crippen molar-refractivity contribution in [3.63, 3.8) is 0 Å². The Morgan fingerprint density at radius 2 is 1.90 bits per heavy atom. The van der Waals surface area contributed by atoms with E-state index in [1.54, 1.807) is 13.8 Å². The number of unbranched alkanes of at least 4 members (excludes halogenated alkanes) is 1. The zero-order valence-corrected chi connectivity index (χ0v) is 19.1. The molecule has 0 radical (unpaired) electrons. The summed E-state index contributed by atoms with van der Waals surface area (Å²) in [5.41, 5.74) is 17.7. The zero-order valence-electron chi connectivity index (χ0n) is 19.1. The number of halogens is 1. The number of rotatable bonds is 9. The third-order valence-electron chi connectivity index (χ3n) is 4.74. The number of fused-ring (bicyclic) bond motifs is 1. The van der Waals surface area contributed by atoms with E-state index in [2.05, 4.69) is 30.6 Å². The molecule has 4 N–H and O–H groups in total. The Balaban J connectivity index is 0.00000218. The van der Waals surface area contributed by atoms with E-state index in [0.29, 0.717) is 30.1 Å². The molecule has 30 heavy (non-hydrogen) atoms. The fraction of sp³-hybridized carbons (Fsp3) is 0.500. The Kier molecular flexibility index (Phi) is 11.0. The topological polar surface area (TPSA) is 86.0 Å². The van der Waals surface area contributed by atoms with E-state index in [9.17, 15) is 4.39 Å². The van der Waals surface area contributed by atoms with Crippen LogP contribution in [0.3, 0.4) is 0 Å². The van der Waals surface area contributed by atoms with Crippen LogP contribution in [-0.2, 0) is 12.8 Å². The molecule has 0 unspecified atom stereocenters. The minimum Gasteiger partial charge on any atom is -0.493 e. The summed E-state index contributed by atoms with van der Waals surface area (Å²) in [6, 6.07) is 4.30. The largest absolute Gasteiger partial charge is 0.493 e. The molecule has 0 aliphatic carbocycles. The van der Waals surface area contributed by atoms with Crippen LogP contribution in [0.15, 0.2) is 46.0 Å². The van der Waals surface area contributed by atoms with Gasteiger partial charge in [-0.2, -0.15) is 4.39 Å². The van der Waals surface area contributed by atoms with Crippen molar-refractivity contribution < 1.29 is 9.13 Å². The molecule has 0 atom stereocenters. The number of benzene rings is 1. The van der Waals surface area contributed by atoms with Crippen molar-refractivity contribution in [2.45, 2.75) is 66.7 Å². The van der Waals surface area contributed by atoms with E-state index in [4.69, 9.17) is 21.2 Å². The van der Waals surface area contributed by atoms with E-state index < -0.39 is 5.95 Å². The van der Waals surface area contributed by atoms with Gasteiger partial charge in [-0.15, -0.1) is 0 Å². The molecule has 0 saturated carbocycles. The molecular formula is C24H37FN4O. The van der Waals surface area contributed by atoms with Gasteiger partial charge in [0.25, 0.3) is 0 Å². The normalized spacial score (nSPS) is 14.4. The van der Waals surface area contributed by atoms with Crippen molar-refractivity contribution in [2.75, 3.05) is 13.2 Å². The first-order chi connectivity index (χ1) is 14.3. The number of hydrogen-bond donors (Lipinski definition) is 2. The molecule has 5 nitrogen and oxygen atoms in total. The first-order valence-corrected chi connectivity index (χ1v) is 10.7. The minimum atomic E-state index is -0.761. The number of aryl methyl sites for hydroxylation is 1. The number of nitrogens with two attached hydrogens (primary N) is 2. The first kappa shape index (κ1) is 25.6. The Morgan fingerprint density at radius 1 is 1.20 bits per heavy atom. The standard InChI is InChI=1S/C22H31FN4O.C2H6/c1-14-11-18-8-10-28-21(18)13-19(14)12-20(7-5-6-9-24)27-22(15(2)25)16(3)26-17(4)23;1-2/h11,13H,4-10,12,24-25H2,1-3H3;1-2H3/b22-15-,26-16-,27-20?;. The van der Waals surface area contributed by atoms with Gasteiger partial charge in [-0.25, -0.2) is 4.99 Å². The molecule has 0 fully saturated rings. The molecule has 1 heterocycles. The van der Waals surface area contributed by atoms with Crippen LogP contribution in [0, 0.1) is 6.92 Å². The minimum absolute atomic E-state index is 0.415. The molecule has 0 spiro atoms. The summed E-state index contributed by atoms with van der Waals surface area (Å²) in [6.07, 6.45) is 4.26. The van der Waals surface area contributed by atoms with Gasteiger partial charge in [-0.3, -0.25) is 4.99 Å². The van der Waals surface area contributed by atoms with Crippen molar-refractivity contribution in [3.05, 3.63) is 52.7 Å². The van der Waals surface area contributed by atoms with Crippen molar-refractivity contribution in [1.82, 2.24) is 0 Å². The van der Waals surface area contributed by atoms with Crippen molar-refractivity contribution in [3.8, 4) is 5.75 Å². The summed E-state index contributed by atoms with van der Waals surface area (Å²) in [4.78, 5) is 8.57. The molecule has 6 heteroatoms. The lowest BCUT2D eigenvalue weighted by Crippen LogP contribution is -2.12. The summed E-state index contributed by atoms with van der Waals surface area (Å²) < 4.78 is 18.9. The lowest BCUT2D eigenvalue weighted by molar-refractivity contribution is 0.356. The molecule has 0 bridgehead atoms. The van der Waals surface area contributed by atoms with Crippen LogP contribution in [0.2, 0.25) is 0 Å². The van der Waals surface area contributed by atoms with Gasteiger partial charge in [0.2, 0.25) is 5.95 Å². The Bertz CT molecular complexity index is 821. The molecule has 0 saturated heterocycles. The van der Waals surface area contributed by atoms with Gasteiger partial charge < -0.3 is 16.2 Å². The maximum Gasteiger partial charge on any atom is 0.205 e. The van der Waals surface area contributed by atoms with Crippen molar-refractivity contribution in [2.24, 2.45) is 21.5 Å². The highest BCUT2D eigenvalue weighted by molar-refractivity contribution is 6.02. The van der Waals surface area contributed by atoms with Crippen molar-refractivity contribution in [1.29, 1.82) is 0 Å². The number of aliphatic imine (C=N–C) groups is 2. The maximum atomic E-state index is 13.2. The lowest BCUT2D eigenvalue weighted by Gasteiger charge is -2.13. The Hall–Kier alpha value is -2.47. The fourth-order valence-corrected chi connectivity index (χ4v) is 3.31. The average molecular weight is 417 g/mol. The number of ether oxygens (including phenoxy) is 1. The summed E-state index contributed by atoms with van der Waals surface area (Å²) in [6.45, 7) is 14.1. The van der Waals surface area contributed by atoms with E-state index in [-0.39, 0.29) is 0 Å². The predicted molar refractivity (Wildman–Crippen MR) is 126 cm³/mol. The SMILES string of the molecule is C=C(F)/N=C(C)\C(N=C(CCCCN)Cc1cc2c(cc1C)CCO2)=C(/C)N.CC. The number of allylic oxidation sites excluding steroid dienone is 2. The highest BCUT2D eigenvalue weighted by Gasteiger charge is 2.16. The van der Waals surface area contributed by atoms with Gasteiger partial charge >= 0.3 is 0 Å². The molecule has 0 amide bonds. The van der Waals surface area contributed by atoms with Gasteiger partial charge in [-0.05, 0) is 75.9 Å². The third kappa shape index (κ3) is 7.75. The van der Waals surface area contributed by atoms with Crippen LogP contribution >= 0.6 is 0 Å². The molecule has 1 aromatic rings. The highest BCUT2D eigenvalue weighted by atomic mass is 19.1. The third-order valence-corrected chi connectivity index (χ3v) is 4.74. The second-order valence-corrected chi connectivity index (χ2v) is 7.19. The summed E-state index contributed by atoms with van der Waals surface area (Å²) in [5.74, 6) is 0.196. The van der Waals surface area contributed by atoms with Gasteiger partial charge in [0.05, 0.1) is 12.3 Å². The smallest absolute Gasteiger partial charge is 0.205 e. The zero-order chi connectivity index (χ0) is 22.7. The second kappa shape index (κ2) is 13.0. The quantitative estimate of drug-likeness (QED) is 0.331. The predicted octanol–water partition coefficient (Wildman–Crippen LogP) is 5.16. The van der Waals surface area contributed by atoms with E-state index in [1.165, 1.54) is 16.7 Å². The van der Waals surface area contributed by atoms with Crippen LogP contribution in [0.1, 0.15) is 63.6 Å². The molecule has 166 valence electrons. The Morgan fingerprint density at radius 3 is 2.50 bits per heavy atom. The number of nitrogens with zero attached hydrogens (tertiary/aromatic N) is 2. The monoisotopic (exact) mass is 416 g/mol. The first-order valence-electron chi connectivity index (χ1n) is 10.7. The van der Waals surface area contributed by atoms with E-state index in [0.717, 1.165) is 43.8 Å². The number of hydrogen-bond acceptors (Lipinski definition) is 5. The Labute approximate surface area is 180 Å².